The third-order valence-corrected chi connectivity index (χ3v) is 4.47. The molecule has 1 saturated carbocycles. The number of rotatable bonds is 1. The quantitative estimate of drug-likeness (QED) is 0.571. The molecule has 0 nitrogen and oxygen atoms in total. The van der Waals surface area contributed by atoms with Crippen molar-refractivity contribution in [3.05, 3.63) is 23.3 Å². The van der Waals surface area contributed by atoms with E-state index in [1.54, 1.807) is 11.1 Å². The molecule has 0 amide bonds. The molecule has 0 radical (unpaired) electrons. The molecule has 2 rings (SSSR count). The van der Waals surface area contributed by atoms with Crippen molar-refractivity contribution in [2.24, 2.45) is 10.8 Å². The van der Waals surface area contributed by atoms with Crippen molar-refractivity contribution in [1.29, 1.82) is 0 Å². The molecule has 0 N–H and O–H groups in total. The number of hydrogen-bond acceptors (Lipinski definition) is 0. The van der Waals surface area contributed by atoms with Crippen LogP contribution < -0.4 is 0 Å². The fourth-order valence-electron chi connectivity index (χ4n) is 3.62. The normalized spacial score (nSPS) is 34.1. The van der Waals surface area contributed by atoms with E-state index < -0.39 is 0 Å². The molecule has 2 aliphatic rings. The second kappa shape index (κ2) is 3.50. The Morgan fingerprint density at radius 1 is 1.13 bits per heavy atom. The van der Waals surface area contributed by atoms with Crippen molar-refractivity contribution in [3.8, 4) is 0 Å². The number of hydrogen-bond donors (Lipinski definition) is 0. The molecule has 0 aliphatic heterocycles. The first-order valence-electron chi connectivity index (χ1n) is 6.39. The lowest BCUT2D eigenvalue weighted by Gasteiger charge is -2.48. The fraction of sp³-hybridized carbons (Fsp3) is 0.733. The minimum absolute atomic E-state index is 0.433. The second-order valence-corrected chi connectivity index (χ2v) is 6.23. The average molecular weight is 204 g/mol. The summed E-state index contributed by atoms with van der Waals surface area (Å²) in [6.07, 6.45) is 11.5. The second-order valence-electron chi connectivity index (χ2n) is 6.23. The summed E-state index contributed by atoms with van der Waals surface area (Å²) >= 11 is 0. The van der Waals surface area contributed by atoms with E-state index in [-0.39, 0.29) is 0 Å². The van der Waals surface area contributed by atoms with Crippen molar-refractivity contribution in [2.45, 2.75) is 59.8 Å². The van der Waals surface area contributed by atoms with Gasteiger partial charge in [-0.3, -0.25) is 0 Å². The van der Waals surface area contributed by atoms with Crippen LogP contribution in [0.1, 0.15) is 59.8 Å². The van der Waals surface area contributed by atoms with E-state index in [4.69, 9.17) is 0 Å². The standard InChI is InChI=1S/C15H24/c1-5-12-7-8-13-14(2,3)9-6-10-15(13,4)11-12/h7-8H,5-6,9-11H2,1-4H3. The minimum atomic E-state index is 0.433. The number of allylic oxidation sites excluding steroid dienone is 4. The van der Waals surface area contributed by atoms with Crippen LogP contribution in [0.25, 0.3) is 0 Å². The maximum atomic E-state index is 2.47. The Labute approximate surface area is 94.5 Å². The molecule has 0 aromatic rings. The van der Waals surface area contributed by atoms with Crippen LogP contribution in [-0.4, -0.2) is 0 Å². The van der Waals surface area contributed by atoms with Gasteiger partial charge in [-0.05, 0) is 36.5 Å². The van der Waals surface area contributed by atoms with Crippen molar-refractivity contribution >= 4 is 0 Å². The Bertz CT molecular complexity index is 317. The zero-order valence-corrected chi connectivity index (χ0v) is 10.7. The van der Waals surface area contributed by atoms with Gasteiger partial charge in [0.15, 0.2) is 0 Å². The van der Waals surface area contributed by atoms with E-state index in [9.17, 15) is 0 Å². The van der Waals surface area contributed by atoms with Crippen LogP contribution in [0.3, 0.4) is 0 Å². The van der Waals surface area contributed by atoms with Crippen molar-refractivity contribution < 1.29 is 0 Å². The molecule has 1 unspecified atom stereocenters. The van der Waals surface area contributed by atoms with E-state index in [1.807, 2.05) is 0 Å². The van der Waals surface area contributed by atoms with E-state index >= 15 is 0 Å². The summed E-state index contributed by atoms with van der Waals surface area (Å²) in [7, 11) is 0. The van der Waals surface area contributed by atoms with E-state index in [0.717, 1.165) is 0 Å². The van der Waals surface area contributed by atoms with Crippen LogP contribution in [0.5, 0.6) is 0 Å². The van der Waals surface area contributed by atoms with Gasteiger partial charge in [-0.25, -0.2) is 0 Å². The van der Waals surface area contributed by atoms with Crippen LogP contribution in [0.15, 0.2) is 23.3 Å². The van der Waals surface area contributed by atoms with Crippen molar-refractivity contribution in [3.63, 3.8) is 0 Å². The molecule has 84 valence electrons. The van der Waals surface area contributed by atoms with Crippen LogP contribution in [0.2, 0.25) is 0 Å². The molecule has 0 bridgehead atoms. The summed E-state index contributed by atoms with van der Waals surface area (Å²) in [5.41, 5.74) is 4.25. The maximum Gasteiger partial charge on any atom is -0.00707 e. The molecule has 1 atom stereocenters. The first-order chi connectivity index (χ1) is 6.98. The van der Waals surface area contributed by atoms with E-state index in [2.05, 4.69) is 39.8 Å². The van der Waals surface area contributed by atoms with Crippen molar-refractivity contribution in [1.82, 2.24) is 0 Å². The van der Waals surface area contributed by atoms with Gasteiger partial charge in [-0.1, -0.05) is 57.4 Å². The van der Waals surface area contributed by atoms with Crippen LogP contribution in [-0.2, 0) is 0 Å². The molecule has 1 fully saturated rings. The minimum Gasteiger partial charge on any atom is -0.0696 e. The van der Waals surface area contributed by atoms with Crippen LogP contribution in [0.4, 0.5) is 0 Å². The highest BCUT2D eigenvalue weighted by atomic mass is 14.5. The Hall–Kier alpha value is -0.520. The van der Waals surface area contributed by atoms with Gasteiger partial charge in [-0.15, -0.1) is 0 Å². The van der Waals surface area contributed by atoms with Gasteiger partial charge in [0, 0.05) is 0 Å². The molecule has 0 saturated heterocycles. The Morgan fingerprint density at radius 3 is 2.53 bits per heavy atom. The predicted octanol–water partition coefficient (Wildman–Crippen LogP) is 4.87. The van der Waals surface area contributed by atoms with Gasteiger partial charge in [0.05, 0.1) is 0 Å². The molecule has 2 aliphatic carbocycles. The van der Waals surface area contributed by atoms with Gasteiger partial charge in [0.2, 0.25) is 0 Å². The highest BCUT2D eigenvalue weighted by Gasteiger charge is 2.42. The third-order valence-electron chi connectivity index (χ3n) is 4.47. The summed E-state index contributed by atoms with van der Waals surface area (Å²) in [6.45, 7) is 9.59. The summed E-state index contributed by atoms with van der Waals surface area (Å²) < 4.78 is 0. The van der Waals surface area contributed by atoms with Crippen LogP contribution >= 0.6 is 0 Å². The lowest BCUT2D eigenvalue weighted by Crippen LogP contribution is -2.35. The third kappa shape index (κ3) is 1.79. The van der Waals surface area contributed by atoms with Gasteiger partial charge < -0.3 is 0 Å². The Balaban J connectivity index is 2.38. The summed E-state index contributed by atoms with van der Waals surface area (Å²) in [5, 5.41) is 0. The fourth-order valence-corrected chi connectivity index (χ4v) is 3.62. The topological polar surface area (TPSA) is 0 Å². The summed E-state index contributed by atoms with van der Waals surface area (Å²) in [4.78, 5) is 0. The summed E-state index contributed by atoms with van der Waals surface area (Å²) in [5.74, 6) is 0. The average Bonchev–Trinajstić information content (AvgIpc) is 2.15. The highest BCUT2D eigenvalue weighted by molar-refractivity contribution is 5.35. The zero-order chi connectivity index (χ0) is 11.1. The first-order valence-corrected chi connectivity index (χ1v) is 6.39. The van der Waals surface area contributed by atoms with Gasteiger partial charge in [0.1, 0.15) is 0 Å². The molecule has 0 aromatic carbocycles. The van der Waals surface area contributed by atoms with Crippen molar-refractivity contribution in [2.75, 3.05) is 0 Å². The molecular formula is C15H24. The molecule has 0 spiro atoms. The molecule has 0 heterocycles. The molecule has 0 heteroatoms. The molecule has 15 heavy (non-hydrogen) atoms. The lowest BCUT2D eigenvalue weighted by atomic mass is 9.57. The van der Waals surface area contributed by atoms with E-state index in [0.29, 0.717) is 10.8 Å². The maximum absolute atomic E-state index is 2.47. The molecule has 0 aromatic heterocycles. The lowest BCUT2D eigenvalue weighted by molar-refractivity contribution is 0.193. The summed E-state index contributed by atoms with van der Waals surface area (Å²) in [6, 6.07) is 0. The first kappa shape index (κ1) is 11.0. The Morgan fingerprint density at radius 2 is 1.87 bits per heavy atom. The van der Waals surface area contributed by atoms with Gasteiger partial charge >= 0.3 is 0 Å². The predicted molar refractivity (Wildman–Crippen MR) is 66.8 cm³/mol. The van der Waals surface area contributed by atoms with Gasteiger partial charge in [0.25, 0.3) is 0 Å². The highest BCUT2D eigenvalue weighted by Crippen LogP contribution is 2.55. The van der Waals surface area contributed by atoms with Gasteiger partial charge in [-0.2, -0.15) is 0 Å². The van der Waals surface area contributed by atoms with E-state index in [1.165, 1.54) is 32.1 Å². The SMILES string of the molecule is CCC1=CC=C2C(C)(C)CCCC2(C)C1. The molecular weight excluding hydrogens is 180 g/mol. The smallest absolute Gasteiger partial charge is 0.00707 e. The Kier molecular flexibility index (Phi) is 2.56. The van der Waals surface area contributed by atoms with Crippen LogP contribution in [0, 0.1) is 10.8 Å². The largest absolute Gasteiger partial charge is 0.0696 e. The number of fused-ring (bicyclic) bond motifs is 1. The monoisotopic (exact) mass is 204 g/mol. The zero-order valence-electron chi connectivity index (χ0n) is 10.7.